The van der Waals surface area contributed by atoms with E-state index in [0.717, 1.165) is 6.42 Å². The zero-order valence-corrected chi connectivity index (χ0v) is 10.00. The van der Waals surface area contributed by atoms with Crippen molar-refractivity contribution in [2.45, 2.75) is 24.7 Å². The molecule has 0 bridgehead atoms. The van der Waals surface area contributed by atoms with Crippen LogP contribution < -0.4 is 4.72 Å². The lowest BCUT2D eigenvalue weighted by molar-refractivity contribution is 0.228. The van der Waals surface area contributed by atoms with Crippen molar-refractivity contribution in [3.05, 3.63) is 12.4 Å². The summed E-state index contributed by atoms with van der Waals surface area (Å²) in [5.41, 5.74) is 0. The van der Waals surface area contributed by atoms with Crippen LogP contribution >= 0.6 is 0 Å². The summed E-state index contributed by atoms with van der Waals surface area (Å²) in [6, 6.07) is 0. The molecule has 0 aliphatic rings. The van der Waals surface area contributed by atoms with E-state index in [1.54, 1.807) is 0 Å². The van der Waals surface area contributed by atoms with Gasteiger partial charge in [-0.25, -0.2) is 13.1 Å². The topological polar surface area (TPSA) is 95.1 Å². The lowest BCUT2D eigenvalue weighted by atomic mass is 10.1. The predicted molar refractivity (Wildman–Crippen MR) is 59.3 cm³/mol. The molecule has 0 spiro atoms. The number of sulfonamides is 1. The second-order valence-electron chi connectivity index (χ2n) is 3.76. The molecule has 16 heavy (non-hydrogen) atoms. The minimum atomic E-state index is -3.43. The Balaban J connectivity index is 2.33. The van der Waals surface area contributed by atoms with E-state index in [1.807, 2.05) is 6.92 Å². The Morgan fingerprint density at radius 3 is 2.94 bits per heavy atom. The first kappa shape index (κ1) is 13.1. The molecule has 0 radical (unpaired) electrons. The maximum atomic E-state index is 11.6. The van der Waals surface area contributed by atoms with Gasteiger partial charge in [-0.3, -0.25) is 5.10 Å². The van der Waals surface area contributed by atoms with Crippen LogP contribution in [0.4, 0.5) is 0 Å². The molecule has 6 nitrogen and oxygen atoms in total. The third-order valence-electron chi connectivity index (χ3n) is 2.26. The van der Waals surface area contributed by atoms with Gasteiger partial charge in [-0.1, -0.05) is 6.92 Å². The number of nitrogens with zero attached hydrogens (tertiary/aromatic N) is 1. The molecular weight excluding hydrogens is 230 g/mol. The van der Waals surface area contributed by atoms with Crippen LogP contribution in [0.2, 0.25) is 0 Å². The summed E-state index contributed by atoms with van der Waals surface area (Å²) < 4.78 is 25.6. The molecule has 0 amide bonds. The van der Waals surface area contributed by atoms with E-state index in [4.69, 9.17) is 5.11 Å². The van der Waals surface area contributed by atoms with Gasteiger partial charge >= 0.3 is 0 Å². The van der Waals surface area contributed by atoms with Crippen molar-refractivity contribution in [2.24, 2.45) is 5.92 Å². The summed E-state index contributed by atoms with van der Waals surface area (Å²) in [4.78, 5) is 0.141. The van der Waals surface area contributed by atoms with E-state index in [9.17, 15) is 8.42 Å². The highest BCUT2D eigenvalue weighted by atomic mass is 32.2. The largest absolute Gasteiger partial charge is 0.396 e. The molecule has 0 aromatic carbocycles. The van der Waals surface area contributed by atoms with Gasteiger partial charge in [0, 0.05) is 19.3 Å². The van der Waals surface area contributed by atoms with Crippen LogP contribution in [0.3, 0.4) is 0 Å². The molecule has 1 aromatic rings. The average molecular weight is 247 g/mol. The first-order valence-corrected chi connectivity index (χ1v) is 6.64. The number of rotatable bonds is 7. The van der Waals surface area contributed by atoms with E-state index in [0.29, 0.717) is 13.0 Å². The fraction of sp³-hybridized carbons (Fsp3) is 0.667. The summed E-state index contributed by atoms with van der Waals surface area (Å²) in [5.74, 6) is 0.207. The van der Waals surface area contributed by atoms with Gasteiger partial charge in [0.1, 0.15) is 4.90 Å². The monoisotopic (exact) mass is 247 g/mol. The normalized spacial score (nSPS) is 13.9. The Morgan fingerprint density at radius 2 is 2.38 bits per heavy atom. The lowest BCUT2D eigenvalue weighted by Gasteiger charge is -2.07. The van der Waals surface area contributed by atoms with Crippen molar-refractivity contribution in [2.75, 3.05) is 13.2 Å². The first-order valence-electron chi connectivity index (χ1n) is 5.15. The van der Waals surface area contributed by atoms with Crippen LogP contribution in [0.25, 0.3) is 0 Å². The van der Waals surface area contributed by atoms with Gasteiger partial charge in [0.2, 0.25) is 10.0 Å². The van der Waals surface area contributed by atoms with Gasteiger partial charge in [-0.05, 0) is 18.8 Å². The van der Waals surface area contributed by atoms with Crippen LogP contribution in [0.5, 0.6) is 0 Å². The molecule has 1 unspecified atom stereocenters. The Bertz CT molecular complexity index is 388. The molecule has 92 valence electrons. The smallest absolute Gasteiger partial charge is 0.243 e. The van der Waals surface area contributed by atoms with Crippen molar-refractivity contribution in [3.8, 4) is 0 Å². The molecule has 0 aliphatic heterocycles. The van der Waals surface area contributed by atoms with E-state index in [-0.39, 0.29) is 17.4 Å². The summed E-state index contributed by atoms with van der Waals surface area (Å²) in [5, 5.41) is 14.8. The highest BCUT2D eigenvalue weighted by Gasteiger charge is 2.13. The average Bonchev–Trinajstić information content (AvgIpc) is 2.78. The van der Waals surface area contributed by atoms with Crippen molar-refractivity contribution < 1.29 is 13.5 Å². The lowest BCUT2D eigenvalue weighted by Crippen LogP contribution is -2.24. The zero-order valence-electron chi connectivity index (χ0n) is 9.18. The van der Waals surface area contributed by atoms with Crippen LogP contribution in [-0.2, 0) is 10.0 Å². The summed E-state index contributed by atoms with van der Waals surface area (Å²) in [6.45, 7) is 2.43. The number of aromatic amines is 1. The summed E-state index contributed by atoms with van der Waals surface area (Å²) >= 11 is 0. The number of hydrogen-bond donors (Lipinski definition) is 3. The molecular formula is C9H17N3O3S. The number of nitrogens with one attached hydrogen (secondary N) is 2. The molecule has 1 aromatic heterocycles. The minimum absolute atomic E-state index is 0.133. The second-order valence-corrected chi connectivity index (χ2v) is 5.53. The highest BCUT2D eigenvalue weighted by Crippen LogP contribution is 2.06. The van der Waals surface area contributed by atoms with E-state index in [2.05, 4.69) is 14.9 Å². The van der Waals surface area contributed by atoms with E-state index >= 15 is 0 Å². The van der Waals surface area contributed by atoms with Crippen molar-refractivity contribution >= 4 is 10.0 Å². The van der Waals surface area contributed by atoms with Gasteiger partial charge in [-0.2, -0.15) is 5.10 Å². The fourth-order valence-corrected chi connectivity index (χ4v) is 2.20. The molecule has 7 heteroatoms. The van der Waals surface area contributed by atoms with Gasteiger partial charge in [0.25, 0.3) is 0 Å². The third-order valence-corrected chi connectivity index (χ3v) is 3.69. The number of hydrogen-bond acceptors (Lipinski definition) is 4. The van der Waals surface area contributed by atoms with E-state index in [1.165, 1.54) is 12.4 Å². The molecule has 0 saturated heterocycles. The predicted octanol–water partition coefficient (Wildman–Crippen LogP) is 0.0966. The van der Waals surface area contributed by atoms with Crippen LogP contribution in [0.15, 0.2) is 17.3 Å². The Morgan fingerprint density at radius 1 is 1.62 bits per heavy atom. The van der Waals surface area contributed by atoms with Gasteiger partial charge in [0.05, 0.1) is 6.20 Å². The molecule has 3 N–H and O–H groups in total. The van der Waals surface area contributed by atoms with Crippen LogP contribution in [0.1, 0.15) is 19.8 Å². The van der Waals surface area contributed by atoms with Crippen molar-refractivity contribution in [3.63, 3.8) is 0 Å². The SMILES string of the molecule is CC(CO)CCCNS(=O)(=O)c1cn[nH]c1. The maximum absolute atomic E-state index is 11.6. The van der Waals surface area contributed by atoms with Crippen LogP contribution in [-0.4, -0.2) is 36.9 Å². The van der Waals surface area contributed by atoms with Gasteiger partial charge in [0.15, 0.2) is 0 Å². The number of aliphatic hydroxyl groups excluding tert-OH is 1. The second kappa shape index (κ2) is 5.97. The van der Waals surface area contributed by atoms with Gasteiger partial charge in [-0.15, -0.1) is 0 Å². The molecule has 1 heterocycles. The van der Waals surface area contributed by atoms with Gasteiger partial charge < -0.3 is 5.11 Å². The third kappa shape index (κ3) is 3.92. The highest BCUT2D eigenvalue weighted by molar-refractivity contribution is 7.89. The Kier molecular flexibility index (Phi) is 4.91. The van der Waals surface area contributed by atoms with Crippen molar-refractivity contribution in [1.82, 2.24) is 14.9 Å². The molecule has 0 aliphatic carbocycles. The molecule has 0 saturated carbocycles. The van der Waals surface area contributed by atoms with Crippen molar-refractivity contribution in [1.29, 1.82) is 0 Å². The first-order chi connectivity index (χ1) is 7.56. The number of aliphatic hydroxyl groups is 1. The fourth-order valence-electron chi connectivity index (χ4n) is 1.22. The standard InChI is InChI=1S/C9H17N3O3S/c1-8(7-13)3-2-4-12-16(14,15)9-5-10-11-6-9/h5-6,8,12-13H,2-4,7H2,1H3,(H,10,11). The van der Waals surface area contributed by atoms with E-state index < -0.39 is 10.0 Å². The summed E-state index contributed by atoms with van der Waals surface area (Å²) in [7, 11) is -3.43. The molecule has 1 rings (SSSR count). The molecule has 1 atom stereocenters. The minimum Gasteiger partial charge on any atom is -0.396 e. The molecule has 0 fully saturated rings. The maximum Gasteiger partial charge on any atom is 0.243 e. The Labute approximate surface area is 95.1 Å². The Hall–Kier alpha value is -0.920. The quantitative estimate of drug-likeness (QED) is 0.595. The summed E-state index contributed by atoms with van der Waals surface area (Å²) in [6.07, 6.45) is 4.10. The zero-order chi connectivity index (χ0) is 12.0. The number of aromatic nitrogens is 2. The number of H-pyrrole nitrogens is 1. The van der Waals surface area contributed by atoms with Crippen LogP contribution in [0, 0.1) is 5.92 Å².